The highest BCUT2D eigenvalue weighted by Crippen LogP contribution is 2.31. The quantitative estimate of drug-likeness (QED) is 0.583. The summed E-state index contributed by atoms with van der Waals surface area (Å²) < 4.78 is 0. The Kier molecular flexibility index (Phi) is 1.60. The first-order valence-electron chi connectivity index (χ1n) is 4.26. The minimum Gasteiger partial charge on any atom is -0.481 e. The van der Waals surface area contributed by atoms with Crippen LogP contribution in [0.15, 0.2) is 0 Å². The number of hydrogen-bond acceptors (Lipinski definition) is 2. The van der Waals surface area contributed by atoms with Crippen LogP contribution < -0.4 is 5.32 Å². The van der Waals surface area contributed by atoms with Crippen LogP contribution >= 0.6 is 0 Å². The van der Waals surface area contributed by atoms with Crippen molar-refractivity contribution in [1.82, 2.24) is 5.32 Å². The number of rotatable bonds is 1. The molecule has 2 aliphatic rings. The summed E-state index contributed by atoms with van der Waals surface area (Å²) in [6, 6.07) is 0.765. The number of fused-ring (bicyclic) bond motifs is 2. The molecule has 0 radical (unpaired) electrons. The van der Waals surface area contributed by atoms with E-state index >= 15 is 0 Å². The second-order valence-electron chi connectivity index (χ2n) is 3.58. The number of hydrogen-bond donors (Lipinski definition) is 2. The molecule has 11 heavy (non-hydrogen) atoms. The first-order valence-corrected chi connectivity index (χ1v) is 4.26. The molecular formula is C8H13NO2. The summed E-state index contributed by atoms with van der Waals surface area (Å²) >= 11 is 0. The smallest absolute Gasteiger partial charge is 0.308 e. The predicted octanol–water partition coefficient (Wildman–Crippen LogP) is 0.602. The van der Waals surface area contributed by atoms with Crippen molar-refractivity contribution in [3.63, 3.8) is 0 Å². The van der Waals surface area contributed by atoms with Gasteiger partial charge in [0, 0.05) is 12.1 Å². The Bertz CT molecular complexity index is 181. The molecule has 2 fully saturated rings. The average Bonchev–Trinajstić information content (AvgIpc) is 2.27. The molecule has 3 heteroatoms. The Balaban J connectivity index is 2.08. The fourth-order valence-corrected chi connectivity index (χ4v) is 2.30. The predicted molar refractivity (Wildman–Crippen MR) is 40.3 cm³/mol. The molecule has 2 saturated heterocycles. The van der Waals surface area contributed by atoms with Crippen molar-refractivity contribution in [3.05, 3.63) is 0 Å². The van der Waals surface area contributed by atoms with Gasteiger partial charge in [-0.15, -0.1) is 0 Å². The van der Waals surface area contributed by atoms with Gasteiger partial charge in [0.1, 0.15) is 0 Å². The van der Waals surface area contributed by atoms with Crippen LogP contribution in [0.25, 0.3) is 0 Å². The van der Waals surface area contributed by atoms with Crippen LogP contribution in [0.4, 0.5) is 0 Å². The van der Waals surface area contributed by atoms with Crippen molar-refractivity contribution in [2.24, 2.45) is 5.92 Å². The van der Waals surface area contributed by atoms with Gasteiger partial charge in [-0.1, -0.05) is 6.42 Å². The maximum atomic E-state index is 10.7. The van der Waals surface area contributed by atoms with E-state index in [-0.39, 0.29) is 12.0 Å². The first-order chi connectivity index (χ1) is 5.27. The number of piperidine rings is 1. The number of carboxylic acid groups (broad SMARTS) is 1. The van der Waals surface area contributed by atoms with Gasteiger partial charge in [-0.3, -0.25) is 4.79 Å². The van der Waals surface area contributed by atoms with Gasteiger partial charge in [0.15, 0.2) is 0 Å². The molecule has 3 atom stereocenters. The molecule has 0 unspecified atom stereocenters. The van der Waals surface area contributed by atoms with Crippen molar-refractivity contribution in [2.75, 3.05) is 0 Å². The topological polar surface area (TPSA) is 49.3 Å². The highest BCUT2D eigenvalue weighted by atomic mass is 16.4. The van der Waals surface area contributed by atoms with Crippen molar-refractivity contribution in [3.8, 4) is 0 Å². The van der Waals surface area contributed by atoms with Crippen LogP contribution in [0.2, 0.25) is 0 Å². The lowest BCUT2D eigenvalue weighted by atomic mass is 9.99. The first kappa shape index (κ1) is 7.10. The number of nitrogens with one attached hydrogen (secondary N) is 1. The third kappa shape index (κ3) is 1.13. The van der Waals surface area contributed by atoms with E-state index in [9.17, 15) is 4.79 Å². The van der Waals surface area contributed by atoms with Gasteiger partial charge in [0.05, 0.1) is 5.92 Å². The molecular weight excluding hydrogens is 142 g/mol. The van der Waals surface area contributed by atoms with Crippen LogP contribution in [0.5, 0.6) is 0 Å². The molecule has 2 bridgehead atoms. The highest BCUT2D eigenvalue weighted by molar-refractivity contribution is 5.71. The number of carboxylic acids is 1. The lowest BCUT2D eigenvalue weighted by Gasteiger charge is -2.21. The standard InChI is InChI=1S/C8H13NO2/c10-8(11)6-4-5-2-1-3-7(6)9-5/h5-7,9H,1-4H2,(H,10,11)/t5-,6-,7+/m0/s1. The molecule has 0 aromatic rings. The lowest BCUT2D eigenvalue weighted by Crippen LogP contribution is -2.36. The van der Waals surface area contributed by atoms with Crippen molar-refractivity contribution >= 4 is 5.97 Å². The minimum atomic E-state index is -0.619. The van der Waals surface area contributed by atoms with Gasteiger partial charge in [-0.2, -0.15) is 0 Å². The third-order valence-electron chi connectivity index (χ3n) is 2.86. The Labute approximate surface area is 65.8 Å². The van der Waals surface area contributed by atoms with Crippen molar-refractivity contribution < 1.29 is 9.90 Å². The molecule has 0 aliphatic carbocycles. The number of aliphatic carboxylic acids is 1. The van der Waals surface area contributed by atoms with Gasteiger partial charge in [-0.05, 0) is 19.3 Å². The lowest BCUT2D eigenvalue weighted by molar-refractivity contribution is -0.142. The van der Waals surface area contributed by atoms with E-state index in [0.29, 0.717) is 6.04 Å². The molecule has 0 saturated carbocycles. The van der Waals surface area contributed by atoms with E-state index in [4.69, 9.17) is 5.11 Å². The third-order valence-corrected chi connectivity index (χ3v) is 2.86. The minimum absolute atomic E-state index is 0.109. The maximum absolute atomic E-state index is 10.7. The van der Waals surface area contributed by atoms with E-state index in [2.05, 4.69) is 5.32 Å². The molecule has 2 aliphatic heterocycles. The van der Waals surface area contributed by atoms with Gasteiger partial charge in [0.25, 0.3) is 0 Å². The molecule has 0 amide bonds. The van der Waals surface area contributed by atoms with Crippen LogP contribution in [-0.2, 0) is 4.79 Å². The Morgan fingerprint density at radius 2 is 2.27 bits per heavy atom. The van der Waals surface area contributed by atoms with E-state index in [1.807, 2.05) is 0 Å². The molecule has 2 rings (SSSR count). The van der Waals surface area contributed by atoms with E-state index < -0.39 is 5.97 Å². The molecule has 3 nitrogen and oxygen atoms in total. The summed E-state index contributed by atoms with van der Waals surface area (Å²) in [6.07, 6.45) is 4.26. The van der Waals surface area contributed by atoms with Crippen LogP contribution in [0.3, 0.4) is 0 Å². The Morgan fingerprint density at radius 3 is 2.91 bits per heavy atom. The molecule has 62 valence electrons. The molecule has 0 spiro atoms. The summed E-state index contributed by atoms with van der Waals surface area (Å²) in [7, 11) is 0. The molecule has 2 N–H and O–H groups in total. The zero-order valence-corrected chi connectivity index (χ0v) is 6.42. The highest BCUT2D eigenvalue weighted by Gasteiger charge is 2.40. The van der Waals surface area contributed by atoms with Gasteiger partial charge in [-0.25, -0.2) is 0 Å². The fourth-order valence-electron chi connectivity index (χ4n) is 2.30. The SMILES string of the molecule is O=C(O)[C@H]1C[C@@H]2CCC[C@H]1N2. The van der Waals surface area contributed by atoms with Crippen LogP contribution in [0.1, 0.15) is 25.7 Å². The van der Waals surface area contributed by atoms with Crippen LogP contribution in [-0.4, -0.2) is 23.2 Å². The van der Waals surface area contributed by atoms with Gasteiger partial charge >= 0.3 is 5.97 Å². The van der Waals surface area contributed by atoms with E-state index in [0.717, 1.165) is 12.8 Å². The second kappa shape index (κ2) is 2.48. The zero-order valence-electron chi connectivity index (χ0n) is 6.42. The molecule has 0 aromatic carbocycles. The summed E-state index contributed by atoms with van der Waals surface area (Å²) in [4.78, 5) is 10.7. The fraction of sp³-hybridized carbons (Fsp3) is 0.875. The van der Waals surface area contributed by atoms with Crippen LogP contribution in [0, 0.1) is 5.92 Å². The zero-order chi connectivity index (χ0) is 7.84. The monoisotopic (exact) mass is 155 g/mol. The van der Waals surface area contributed by atoms with Gasteiger partial charge in [0.2, 0.25) is 0 Å². The second-order valence-corrected chi connectivity index (χ2v) is 3.58. The molecule has 0 aromatic heterocycles. The van der Waals surface area contributed by atoms with Gasteiger partial charge < -0.3 is 10.4 Å². The van der Waals surface area contributed by atoms with Crippen molar-refractivity contribution in [1.29, 1.82) is 0 Å². The number of carbonyl (C=O) groups is 1. The van der Waals surface area contributed by atoms with E-state index in [1.165, 1.54) is 12.8 Å². The largest absolute Gasteiger partial charge is 0.481 e. The summed E-state index contributed by atoms with van der Waals surface area (Å²) in [6.45, 7) is 0. The van der Waals surface area contributed by atoms with E-state index in [1.54, 1.807) is 0 Å². The van der Waals surface area contributed by atoms with Crippen molar-refractivity contribution in [2.45, 2.75) is 37.8 Å². The maximum Gasteiger partial charge on any atom is 0.308 e. The normalized spacial score (nSPS) is 42.4. The summed E-state index contributed by atoms with van der Waals surface area (Å²) in [5.74, 6) is -0.727. The summed E-state index contributed by atoms with van der Waals surface area (Å²) in [5.41, 5.74) is 0. The average molecular weight is 155 g/mol. The summed E-state index contributed by atoms with van der Waals surface area (Å²) in [5, 5.41) is 12.2. The Hall–Kier alpha value is -0.570. The Morgan fingerprint density at radius 1 is 1.45 bits per heavy atom. The molecule has 2 heterocycles.